The minimum atomic E-state index is 0.472. The molecule has 0 radical (unpaired) electrons. The van der Waals surface area contributed by atoms with Gasteiger partial charge < -0.3 is 4.90 Å². The van der Waals surface area contributed by atoms with Crippen molar-refractivity contribution in [2.45, 2.75) is 26.3 Å². The zero-order valence-corrected chi connectivity index (χ0v) is 13.1. The Morgan fingerprint density at radius 2 is 1.82 bits per heavy atom. The third kappa shape index (κ3) is 2.88. The van der Waals surface area contributed by atoms with Gasteiger partial charge in [-0.2, -0.15) is 0 Å². The van der Waals surface area contributed by atoms with Crippen LogP contribution in [0.25, 0.3) is 10.9 Å². The van der Waals surface area contributed by atoms with E-state index < -0.39 is 0 Å². The summed E-state index contributed by atoms with van der Waals surface area (Å²) in [6.45, 7) is 4.98. The molecule has 0 saturated heterocycles. The first-order valence-corrected chi connectivity index (χ1v) is 7.37. The average Bonchev–Trinajstić information content (AvgIpc) is 2.54. The number of rotatable bonds is 4. The van der Waals surface area contributed by atoms with Crippen LogP contribution < -0.4 is 4.90 Å². The minimum Gasteiger partial charge on any atom is -0.352 e. The molecule has 1 aromatic carbocycles. The Morgan fingerprint density at radius 3 is 2.55 bits per heavy atom. The summed E-state index contributed by atoms with van der Waals surface area (Å²) in [5.74, 6) is 2.15. The van der Waals surface area contributed by atoms with E-state index in [0.29, 0.717) is 12.5 Å². The second-order valence-corrected chi connectivity index (χ2v) is 5.65. The monoisotopic (exact) mass is 293 g/mol. The topological polar surface area (TPSA) is 54.8 Å². The van der Waals surface area contributed by atoms with Crippen LogP contribution in [0.4, 0.5) is 5.82 Å². The van der Waals surface area contributed by atoms with Gasteiger partial charge in [-0.3, -0.25) is 0 Å². The molecule has 5 heteroatoms. The molecule has 0 fully saturated rings. The van der Waals surface area contributed by atoms with Gasteiger partial charge in [-0.05, 0) is 29.7 Å². The van der Waals surface area contributed by atoms with E-state index in [-0.39, 0.29) is 0 Å². The van der Waals surface area contributed by atoms with Crippen molar-refractivity contribution in [1.82, 2.24) is 19.9 Å². The van der Waals surface area contributed by atoms with E-state index in [9.17, 15) is 0 Å². The maximum atomic E-state index is 4.46. The Hall–Kier alpha value is -2.56. The molecule has 2 aromatic heterocycles. The van der Waals surface area contributed by atoms with Crippen molar-refractivity contribution in [3.05, 3.63) is 54.4 Å². The SMILES string of the molecule is CC(C)c1ccc2ncnc(N(C)Cc3ncccn3)c2c1. The lowest BCUT2D eigenvalue weighted by molar-refractivity contribution is 0.825. The number of aromatic nitrogens is 4. The number of fused-ring (bicyclic) bond motifs is 1. The van der Waals surface area contributed by atoms with Crippen LogP contribution in [0.1, 0.15) is 31.2 Å². The van der Waals surface area contributed by atoms with Gasteiger partial charge in [-0.1, -0.05) is 19.9 Å². The van der Waals surface area contributed by atoms with E-state index in [1.54, 1.807) is 18.7 Å². The van der Waals surface area contributed by atoms with Crippen molar-refractivity contribution in [3.8, 4) is 0 Å². The summed E-state index contributed by atoms with van der Waals surface area (Å²) in [6, 6.07) is 8.18. The van der Waals surface area contributed by atoms with Crippen LogP contribution in [0.3, 0.4) is 0 Å². The fraction of sp³-hybridized carbons (Fsp3) is 0.294. The third-order valence-corrected chi connectivity index (χ3v) is 3.66. The lowest BCUT2D eigenvalue weighted by Crippen LogP contribution is -2.19. The molecule has 3 rings (SSSR count). The standard InChI is InChI=1S/C17H19N5/c1-12(2)13-5-6-15-14(9-13)17(21-11-20-15)22(3)10-16-18-7-4-8-19-16/h4-9,11-12H,10H2,1-3H3. The molecular weight excluding hydrogens is 274 g/mol. The van der Waals surface area contributed by atoms with Gasteiger partial charge in [0.1, 0.15) is 18.0 Å². The van der Waals surface area contributed by atoms with Crippen molar-refractivity contribution >= 4 is 16.7 Å². The van der Waals surface area contributed by atoms with Gasteiger partial charge in [0, 0.05) is 24.8 Å². The molecule has 112 valence electrons. The highest BCUT2D eigenvalue weighted by Gasteiger charge is 2.11. The summed E-state index contributed by atoms with van der Waals surface area (Å²) >= 11 is 0. The minimum absolute atomic E-state index is 0.472. The molecule has 0 aliphatic heterocycles. The van der Waals surface area contributed by atoms with Crippen LogP contribution >= 0.6 is 0 Å². The lowest BCUT2D eigenvalue weighted by Gasteiger charge is -2.19. The highest BCUT2D eigenvalue weighted by molar-refractivity contribution is 5.89. The van der Waals surface area contributed by atoms with Gasteiger partial charge in [-0.25, -0.2) is 19.9 Å². The van der Waals surface area contributed by atoms with E-state index in [4.69, 9.17) is 0 Å². The van der Waals surface area contributed by atoms with Gasteiger partial charge >= 0.3 is 0 Å². The molecule has 0 unspecified atom stereocenters. The first-order valence-electron chi connectivity index (χ1n) is 7.37. The highest BCUT2D eigenvalue weighted by Crippen LogP contribution is 2.26. The Morgan fingerprint density at radius 1 is 1.05 bits per heavy atom. The number of benzene rings is 1. The zero-order chi connectivity index (χ0) is 15.5. The quantitative estimate of drug-likeness (QED) is 0.739. The molecule has 0 atom stereocenters. The summed E-state index contributed by atoms with van der Waals surface area (Å²) in [6.07, 6.45) is 5.12. The molecule has 0 spiro atoms. The van der Waals surface area contributed by atoms with Crippen molar-refractivity contribution in [3.63, 3.8) is 0 Å². The van der Waals surface area contributed by atoms with Gasteiger partial charge in [-0.15, -0.1) is 0 Å². The Bertz CT molecular complexity index is 770. The van der Waals surface area contributed by atoms with E-state index in [2.05, 4.69) is 56.9 Å². The van der Waals surface area contributed by atoms with E-state index >= 15 is 0 Å². The smallest absolute Gasteiger partial charge is 0.147 e. The number of nitrogens with zero attached hydrogens (tertiary/aromatic N) is 5. The first kappa shape index (κ1) is 14.4. The number of anilines is 1. The molecule has 22 heavy (non-hydrogen) atoms. The van der Waals surface area contributed by atoms with Gasteiger partial charge in [0.05, 0.1) is 12.1 Å². The molecule has 0 aliphatic carbocycles. The normalized spacial score (nSPS) is 11.1. The van der Waals surface area contributed by atoms with Crippen LogP contribution in [0.5, 0.6) is 0 Å². The summed E-state index contributed by atoms with van der Waals surface area (Å²) in [4.78, 5) is 19.4. The van der Waals surface area contributed by atoms with E-state index in [1.165, 1.54) is 5.56 Å². The Kier molecular flexibility index (Phi) is 3.96. The molecule has 0 saturated carbocycles. The summed E-state index contributed by atoms with van der Waals surface area (Å²) < 4.78 is 0. The molecule has 0 N–H and O–H groups in total. The zero-order valence-electron chi connectivity index (χ0n) is 13.1. The largest absolute Gasteiger partial charge is 0.352 e. The predicted octanol–water partition coefficient (Wildman–Crippen LogP) is 3.18. The molecule has 2 heterocycles. The third-order valence-electron chi connectivity index (χ3n) is 3.66. The molecule has 3 aromatic rings. The fourth-order valence-corrected chi connectivity index (χ4v) is 2.42. The van der Waals surface area contributed by atoms with Gasteiger partial charge in [0.25, 0.3) is 0 Å². The first-order chi connectivity index (χ1) is 10.6. The molecular formula is C17H19N5. The van der Waals surface area contributed by atoms with Gasteiger partial charge in [0.2, 0.25) is 0 Å². The lowest BCUT2D eigenvalue weighted by atomic mass is 10.0. The summed E-state index contributed by atoms with van der Waals surface area (Å²) in [7, 11) is 2.00. The number of hydrogen-bond donors (Lipinski definition) is 0. The second kappa shape index (κ2) is 6.05. The van der Waals surface area contributed by atoms with Crippen LogP contribution in [0.2, 0.25) is 0 Å². The summed E-state index contributed by atoms with van der Waals surface area (Å²) in [5.41, 5.74) is 2.24. The van der Waals surface area contributed by atoms with Gasteiger partial charge in [0.15, 0.2) is 0 Å². The van der Waals surface area contributed by atoms with Crippen LogP contribution in [-0.4, -0.2) is 27.0 Å². The molecule has 0 bridgehead atoms. The van der Waals surface area contributed by atoms with Crippen molar-refractivity contribution in [2.24, 2.45) is 0 Å². The number of hydrogen-bond acceptors (Lipinski definition) is 5. The van der Waals surface area contributed by atoms with Crippen molar-refractivity contribution in [2.75, 3.05) is 11.9 Å². The fourth-order valence-electron chi connectivity index (χ4n) is 2.42. The van der Waals surface area contributed by atoms with Crippen LogP contribution in [0.15, 0.2) is 43.0 Å². The van der Waals surface area contributed by atoms with E-state index in [0.717, 1.165) is 22.5 Å². The summed E-state index contributed by atoms with van der Waals surface area (Å²) in [5, 5.41) is 1.06. The van der Waals surface area contributed by atoms with Crippen molar-refractivity contribution in [1.29, 1.82) is 0 Å². The molecule has 0 aliphatic rings. The van der Waals surface area contributed by atoms with Crippen LogP contribution in [-0.2, 0) is 6.54 Å². The van der Waals surface area contributed by atoms with E-state index in [1.807, 2.05) is 13.1 Å². The maximum Gasteiger partial charge on any atom is 0.147 e. The maximum absolute atomic E-state index is 4.46. The average molecular weight is 293 g/mol. The van der Waals surface area contributed by atoms with Crippen LogP contribution in [0, 0.1) is 0 Å². The predicted molar refractivity (Wildman–Crippen MR) is 87.8 cm³/mol. The Labute approximate surface area is 130 Å². The molecule has 0 amide bonds. The molecule has 5 nitrogen and oxygen atoms in total. The second-order valence-electron chi connectivity index (χ2n) is 5.65. The van der Waals surface area contributed by atoms with Crippen molar-refractivity contribution < 1.29 is 0 Å². The highest BCUT2D eigenvalue weighted by atomic mass is 15.2. The Balaban J connectivity index is 2.00.